The molecule has 0 spiro atoms. The van der Waals surface area contributed by atoms with Crippen LogP contribution < -0.4 is 19.6 Å². The lowest BCUT2D eigenvalue weighted by atomic mass is 10.1. The summed E-state index contributed by atoms with van der Waals surface area (Å²) in [5, 5.41) is 9.85. The third-order valence-corrected chi connectivity index (χ3v) is 3.52. The number of ether oxygens (including phenoxy) is 3. The van der Waals surface area contributed by atoms with Gasteiger partial charge in [-0.2, -0.15) is 0 Å². The fourth-order valence-corrected chi connectivity index (χ4v) is 2.30. The summed E-state index contributed by atoms with van der Waals surface area (Å²) in [4.78, 5) is 23.9. The predicted octanol–water partition coefficient (Wildman–Crippen LogP) is 2.67. The summed E-state index contributed by atoms with van der Waals surface area (Å²) in [6.07, 6.45) is 2.76. The molecule has 1 N–H and O–H groups in total. The fourth-order valence-electron chi connectivity index (χ4n) is 2.30. The topological polar surface area (TPSA) is 82.1 Å². The number of ketones is 1. The quantitative estimate of drug-likeness (QED) is 0.642. The molecule has 0 amide bonds. The second kappa shape index (κ2) is 8.01. The highest BCUT2D eigenvalue weighted by atomic mass is 16.5. The Morgan fingerprint density at radius 3 is 2.28 bits per heavy atom. The van der Waals surface area contributed by atoms with Gasteiger partial charge in [0.1, 0.15) is 0 Å². The molecular formula is C19H18O6. The van der Waals surface area contributed by atoms with Gasteiger partial charge in [0.05, 0.1) is 26.9 Å². The average molecular weight is 342 g/mol. The van der Waals surface area contributed by atoms with E-state index in [2.05, 4.69) is 0 Å². The summed E-state index contributed by atoms with van der Waals surface area (Å²) in [6, 6.07) is 8.93. The minimum atomic E-state index is -0.620. The van der Waals surface area contributed by atoms with Crippen LogP contribution in [0.25, 0.3) is 6.08 Å². The monoisotopic (exact) mass is 342 g/mol. The van der Waals surface area contributed by atoms with Crippen molar-refractivity contribution < 1.29 is 24.1 Å². The van der Waals surface area contributed by atoms with Crippen LogP contribution in [0.15, 0.2) is 47.3 Å². The maximum atomic E-state index is 12.3. The van der Waals surface area contributed by atoms with Crippen molar-refractivity contribution in [1.82, 2.24) is 0 Å². The Kier molecular flexibility index (Phi) is 5.79. The first-order valence-electron chi connectivity index (χ1n) is 7.37. The summed E-state index contributed by atoms with van der Waals surface area (Å²) in [5.41, 5.74) is -0.119. The number of methoxy groups -OCH3 is 3. The van der Waals surface area contributed by atoms with Gasteiger partial charge in [-0.25, -0.2) is 0 Å². The van der Waals surface area contributed by atoms with Gasteiger partial charge in [-0.15, -0.1) is 0 Å². The summed E-state index contributed by atoms with van der Waals surface area (Å²) in [5.74, 6) is 0.196. The number of carbonyl (C=O) groups excluding carboxylic acids is 1. The minimum Gasteiger partial charge on any atom is -0.504 e. The fraction of sp³-hybridized carbons (Fsp3) is 0.158. The zero-order chi connectivity index (χ0) is 18.4. The van der Waals surface area contributed by atoms with Crippen LogP contribution in [0.2, 0.25) is 0 Å². The SMILES string of the molecule is COc1ccc(C=CC(=O)c2ccccc(=O)c2O)c(OC)c1OC. The van der Waals surface area contributed by atoms with Crippen LogP contribution in [0.3, 0.4) is 0 Å². The van der Waals surface area contributed by atoms with Gasteiger partial charge in [0.2, 0.25) is 11.2 Å². The third-order valence-electron chi connectivity index (χ3n) is 3.52. The normalized spacial score (nSPS) is 10.5. The molecule has 0 saturated carbocycles. The maximum Gasteiger partial charge on any atom is 0.220 e. The molecule has 0 unspecified atom stereocenters. The Morgan fingerprint density at radius 2 is 1.64 bits per heavy atom. The molecule has 6 nitrogen and oxygen atoms in total. The van der Waals surface area contributed by atoms with Crippen molar-refractivity contribution in [2.24, 2.45) is 0 Å². The highest BCUT2D eigenvalue weighted by molar-refractivity contribution is 6.08. The molecule has 6 heteroatoms. The van der Waals surface area contributed by atoms with E-state index < -0.39 is 17.0 Å². The van der Waals surface area contributed by atoms with Crippen LogP contribution >= 0.6 is 0 Å². The highest BCUT2D eigenvalue weighted by Crippen LogP contribution is 2.40. The Labute approximate surface area is 144 Å². The molecule has 0 atom stereocenters. The molecule has 0 heterocycles. The molecule has 0 saturated heterocycles. The highest BCUT2D eigenvalue weighted by Gasteiger charge is 2.15. The van der Waals surface area contributed by atoms with Gasteiger partial charge in [0, 0.05) is 5.56 Å². The van der Waals surface area contributed by atoms with Gasteiger partial charge in [-0.1, -0.05) is 12.1 Å². The first-order chi connectivity index (χ1) is 12.0. The molecule has 0 aromatic heterocycles. The van der Waals surface area contributed by atoms with E-state index in [1.165, 1.54) is 57.7 Å². The molecule has 2 rings (SSSR count). The first-order valence-corrected chi connectivity index (χ1v) is 7.37. The lowest BCUT2D eigenvalue weighted by molar-refractivity contribution is 0.104. The second-order valence-corrected chi connectivity index (χ2v) is 4.97. The predicted molar refractivity (Wildman–Crippen MR) is 93.8 cm³/mol. The number of hydrogen-bond donors (Lipinski definition) is 1. The van der Waals surface area contributed by atoms with Gasteiger partial charge in [-0.3, -0.25) is 9.59 Å². The van der Waals surface area contributed by atoms with Crippen LogP contribution in [0.1, 0.15) is 15.9 Å². The smallest absolute Gasteiger partial charge is 0.220 e. The summed E-state index contributed by atoms with van der Waals surface area (Å²) >= 11 is 0. The van der Waals surface area contributed by atoms with E-state index in [9.17, 15) is 14.7 Å². The Balaban J connectivity index is 2.44. The van der Waals surface area contributed by atoms with E-state index in [1.54, 1.807) is 12.1 Å². The number of allylic oxidation sites excluding steroid dienone is 1. The molecule has 2 aromatic rings. The van der Waals surface area contributed by atoms with Crippen LogP contribution in [0.5, 0.6) is 23.0 Å². The van der Waals surface area contributed by atoms with E-state index >= 15 is 0 Å². The Bertz CT molecular complexity index is 870. The van der Waals surface area contributed by atoms with Crippen LogP contribution in [0, 0.1) is 0 Å². The van der Waals surface area contributed by atoms with E-state index in [4.69, 9.17) is 14.2 Å². The molecule has 0 aliphatic carbocycles. The van der Waals surface area contributed by atoms with Crippen molar-refractivity contribution in [2.45, 2.75) is 0 Å². The molecule has 2 aromatic carbocycles. The average Bonchev–Trinajstić information content (AvgIpc) is 2.80. The van der Waals surface area contributed by atoms with Crippen LogP contribution in [-0.4, -0.2) is 32.2 Å². The minimum absolute atomic E-state index is 0.0781. The molecular weight excluding hydrogens is 324 g/mol. The standard InChI is InChI=1S/C19H18O6/c1-23-16-11-9-12(18(24-2)19(16)25-3)8-10-14(20)13-6-4-5-7-15(21)17(13)22/h4-11H,1-3H3,(H,21,22). The van der Waals surface area contributed by atoms with Gasteiger partial charge in [0.25, 0.3) is 0 Å². The molecule has 130 valence electrons. The number of rotatable bonds is 6. The van der Waals surface area contributed by atoms with Crippen molar-refractivity contribution in [1.29, 1.82) is 0 Å². The van der Waals surface area contributed by atoms with Crippen molar-refractivity contribution in [2.75, 3.05) is 21.3 Å². The molecule has 0 aliphatic heterocycles. The summed E-state index contributed by atoms with van der Waals surface area (Å²) in [6.45, 7) is 0. The third kappa shape index (κ3) is 3.80. The first kappa shape index (κ1) is 18.1. The van der Waals surface area contributed by atoms with Gasteiger partial charge >= 0.3 is 0 Å². The molecule has 25 heavy (non-hydrogen) atoms. The van der Waals surface area contributed by atoms with Gasteiger partial charge in [0.15, 0.2) is 23.0 Å². The Morgan fingerprint density at radius 1 is 0.960 bits per heavy atom. The van der Waals surface area contributed by atoms with Gasteiger partial charge in [-0.05, 0) is 36.4 Å². The summed E-state index contributed by atoms with van der Waals surface area (Å²) in [7, 11) is 4.47. The molecule has 0 aliphatic rings. The van der Waals surface area contributed by atoms with E-state index in [-0.39, 0.29) is 5.56 Å². The van der Waals surface area contributed by atoms with E-state index in [0.717, 1.165) is 0 Å². The second-order valence-electron chi connectivity index (χ2n) is 4.97. The van der Waals surface area contributed by atoms with Crippen molar-refractivity contribution in [3.63, 3.8) is 0 Å². The lowest BCUT2D eigenvalue weighted by Crippen LogP contribution is -2.01. The van der Waals surface area contributed by atoms with Crippen LogP contribution in [0.4, 0.5) is 0 Å². The number of benzene rings is 1. The van der Waals surface area contributed by atoms with Crippen molar-refractivity contribution in [3.05, 3.63) is 63.8 Å². The van der Waals surface area contributed by atoms with Crippen molar-refractivity contribution in [3.8, 4) is 23.0 Å². The maximum absolute atomic E-state index is 12.3. The molecule has 0 radical (unpaired) electrons. The van der Waals surface area contributed by atoms with Crippen molar-refractivity contribution >= 4 is 11.9 Å². The van der Waals surface area contributed by atoms with Gasteiger partial charge < -0.3 is 19.3 Å². The zero-order valence-corrected chi connectivity index (χ0v) is 14.1. The number of aromatic hydroxyl groups is 1. The largest absolute Gasteiger partial charge is 0.504 e. The summed E-state index contributed by atoms with van der Waals surface area (Å²) < 4.78 is 15.8. The number of carbonyl (C=O) groups is 1. The molecule has 0 fully saturated rings. The Hall–Kier alpha value is -3.28. The van der Waals surface area contributed by atoms with E-state index in [0.29, 0.717) is 22.8 Å². The molecule has 0 bridgehead atoms. The van der Waals surface area contributed by atoms with E-state index in [1.807, 2.05) is 0 Å². The lowest BCUT2D eigenvalue weighted by Gasteiger charge is -2.13. The zero-order valence-electron chi connectivity index (χ0n) is 14.1. The number of hydrogen-bond acceptors (Lipinski definition) is 6. The van der Waals surface area contributed by atoms with Crippen LogP contribution in [-0.2, 0) is 0 Å².